The van der Waals surface area contributed by atoms with Crippen LogP contribution in [0.25, 0.3) is 0 Å². The van der Waals surface area contributed by atoms with Crippen LogP contribution in [0, 0.1) is 0 Å². The fourth-order valence-electron chi connectivity index (χ4n) is 2.27. The lowest BCUT2D eigenvalue weighted by Gasteiger charge is -2.06. The second-order valence-electron chi connectivity index (χ2n) is 5.01. The Hall–Kier alpha value is -1.60. The SMILES string of the molecule is O=S1(=O)CCC(Nc2nnc(Cc3ccccc3Cl)o2)C1. The average molecular weight is 328 g/mol. The molecule has 3 rings (SSSR count). The van der Waals surface area contributed by atoms with Gasteiger partial charge in [-0.2, -0.15) is 0 Å². The number of rotatable bonds is 4. The van der Waals surface area contributed by atoms with Crippen molar-refractivity contribution in [2.24, 2.45) is 0 Å². The van der Waals surface area contributed by atoms with Gasteiger partial charge < -0.3 is 9.73 Å². The molecule has 1 aromatic carbocycles. The molecule has 2 aromatic rings. The fraction of sp³-hybridized carbons (Fsp3) is 0.385. The highest BCUT2D eigenvalue weighted by molar-refractivity contribution is 7.91. The maximum atomic E-state index is 11.4. The molecule has 0 saturated carbocycles. The molecular weight excluding hydrogens is 314 g/mol. The first-order chi connectivity index (χ1) is 10.0. The molecule has 0 spiro atoms. The van der Waals surface area contributed by atoms with Gasteiger partial charge in [0.2, 0.25) is 5.89 Å². The van der Waals surface area contributed by atoms with Crippen molar-refractivity contribution in [3.63, 3.8) is 0 Å². The molecule has 1 unspecified atom stereocenters. The van der Waals surface area contributed by atoms with Gasteiger partial charge in [-0.25, -0.2) is 8.42 Å². The molecular formula is C13H14ClN3O3S. The van der Waals surface area contributed by atoms with Crippen LogP contribution in [0.1, 0.15) is 17.9 Å². The first-order valence-corrected chi connectivity index (χ1v) is 8.74. The molecule has 2 heterocycles. The third-order valence-electron chi connectivity index (χ3n) is 3.33. The number of nitrogens with one attached hydrogen (secondary N) is 1. The normalized spacial score (nSPS) is 20.5. The molecule has 0 bridgehead atoms. The van der Waals surface area contributed by atoms with Gasteiger partial charge in [0.15, 0.2) is 9.84 Å². The van der Waals surface area contributed by atoms with Gasteiger partial charge in [-0.15, -0.1) is 5.10 Å². The van der Waals surface area contributed by atoms with Crippen LogP contribution in [0.2, 0.25) is 5.02 Å². The smallest absolute Gasteiger partial charge is 0.315 e. The van der Waals surface area contributed by atoms with E-state index in [2.05, 4.69) is 15.5 Å². The summed E-state index contributed by atoms with van der Waals surface area (Å²) < 4.78 is 28.3. The lowest BCUT2D eigenvalue weighted by atomic mass is 10.1. The molecule has 0 amide bonds. The number of nitrogens with zero attached hydrogens (tertiary/aromatic N) is 2. The number of sulfone groups is 1. The molecule has 1 N–H and O–H groups in total. The van der Waals surface area contributed by atoms with Crippen LogP contribution in [0.4, 0.5) is 6.01 Å². The van der Waals surface area contributed by atoms with Gasteiger partial charge in [-0.05, 0) is 18.1 Å². The standard InChI is InChI=1S/C13H14ClN3O3S/c14-11-4-2-1-3-9(11)7-12-16-17-13(20-12)15-10-5-6-21(18,19)8-10/h1-4,10H,5-8H2,(H,15,17). The van der Waals surface area contributed by atoms with Gasteiger partial charge in [0.1, 0.15) is 0 Å². The largest absolute Gasteiger partial charge is 0.408 e. The Balaban J connectivity index is 1.66. The van der Waals surface area contributed by atoms with E-state index in [9.17, 15) is 8.42 Å². The van der Waals surface area contributed by atoms with E-state index in [0.717, 1.165) is 5.56 Å². The third-order valence-corrected chi connectivity index (χ3v) is 5.46. The Morgan fingerprint density at radius 1 is 1.33 bits per heavy atom. The van der Waals surface area contributed by atoms with Gasteiger partial charge in [0, 0.05) is 11.1 Å². The average Bonchev–Trinajstić information content (AvgIpc) is 2.99. The number of anilines is 1. The zero-order valence-corrected chi connectivity index (χ0v) is 12.7. The topological polar surface area (TPSA) is 85.1 Å². The van der Waals surface area contributed by atoms with Crippen LogP contribution < -0.4 is 5.32 Å². The molecule has 1 aromatic heterocycles. The van der Waals surface area contributed by atoms with Gasteiger partial charge >= 0.3 is 6.01 Å². The minimum atomic E-state index is -2.93. The van der Waals surface area contributed by atoms with Crippen LogP contribution >= 0.6 is 11.6 Å². The molecule has 21 heavy (non-hydrogen) atoms. The Kier molecular flexibility index (Phi) is 3.86. The van der Waals surface area contributed by atoms with Crippen molar-refractivity contribution < 1.29 is 12.8 Å². The van der Waals surface area contributed by atoms with E-state index in [0.29, 0.717) is 23.8 Å². The molecule has 112 valence electrons. The van der Waals surface area contributed by atoms with Crippen molar-refractivity contribution in [1.82, 2.24) is 10.2 Å². The number of hydrogen-bond donors (Lipinski definition) is 1. The molecule has 8 heteroatoms. The fourth-order valence-corrected chi connectivity index (χ4v) is 4.15. The van der Waals surface area contributed by atoms with Gasteiger partial charge in [-0.1, -0.05) is 34.9 Å². The summed E-state index contributed by atoms with van der Waals surface area (Å²) in [5, 5.41) is 11.4. The summed E-state index contributed by atoms with van der Waals surface area (Å²) in [4.78, 5) is 0. The molecule has 1 saturated heterocycles. The Labute approximate surface area is 127 Å². The second-order valence-corrected chi connectivity index (χ2v) is 7.65. The number of hydrogen-bond acceptors (Lipinski definition) is 6. The molecule has 0 aliphatic carbocycles. The predicted octanol–water partition coefficient (Wildman–Crippen LogP) is 1.91. The van der Waals surface area contributed by atoms with Gasteiger partial charge in [0.05, 0.1) is 17.9 Å². The van der Waals surface area contributed by atoms with Crippen LogP contribution in [0.3, 0.4) is 0 Å². The quantitative estimate of drug-likeness (QED) is 0.923. The van der Waals surface area contributed by atoms with Crippen molar-refractivity contribution in [1.29, 1.82) is 0 Å². The van der Waals surface area contributed by atoms with Crippen molar-refractivity contribution in [2.45, 2.75) is 18.9 Å². The summed E-state index contributed by atoms with van der Waals surface area (Å²) >= 11 is 6.08. The monoisotopic (exact) mass is 327 g/mol. The minimum Gasteiger partial charge on any atom is -0.408 e. The highest BCUT2D eigenvalue weighted by atomic mass is 35.5. The molecule has 1 fully saturated rings. The first-order valence-electron chi connectivity index (χ1n) is 6.54. The van der Waals surface area contributed by atoms with Crippen LogP contribution in [0.5, 0.6) is 0 Å². The van der Waals surface area contributed by atoms with Gasteiger partial charge in [0.25, 0.3) is 0 Å². The van der Waals surface area contributed by atoms with Crippen LogP contribution in [-0.4, -0.2) is 36.2 Å². The zero-order valence-electron chi connectivity index (χ0n) is 11.1. The summed E-state index contributed by atoms with van der Waals surface area (Å²) in [5.74, 6) is 0.743. The highest BCUT2D eigenvalue weighted by Gasteiger charge is 2.28. The molecule has 1 aliphatic rings. The minimum absolute atomic E-state index is 0.106. The summed E-state index contributed by atoms with van der Waals surface area (Å²) in [6, 6.07) is 7.52. The maximum Gasteiger partial charge on any atom is 0.315 e. The lowest BCUT2D eigenvalue weighted by Crippen LogP contribution is -2.20. The van der Waals surface area contributed by atoms with E-state index in [1.165, 1.54) is 0 Å². The Bertz CT molecular complexity index is 745. The summed E-state index contributed by atoms with van der Waals surface area (Å²) in [6.07, 6.45) is 1.00. The van der Waals surface area contributed by atoms with Crippen molar-refractivity contribution >= 4 is 27.5 Å². The van der Waals surface area contributed by atoms with Crippen molar-refractivity contribution in [3.05, 3.63) is 40.7 Å². The highest BCUT2D eigenvalue weighted by Crippen LogP contribution is 2.20. The Morgan fingerprint density at radius 3 is 2.86 bits per heavy atom. The van der Waals surface area contributed by atoms with E-state index in [1.807, 2.05) is 18.2 Å². The van der Waals surface area contributed by atoms with E-state index in [4.69, 9.17) is 16.0 Å². The van der Waals surface area contributed by atoms with E-state index < -0.39 is 9.84 Å². The lowest BCUT2D eigenvalue weighted by molar-refractivity contribution is 0.511. The zero-order chi connectivity index (χ0) is 14.9. The molecule has 1 aliphatic heterocycles. The second kappa shape index (κ2) is 5.65. The number of benzene rings is 1. The summed E-state index contributed by atoms with van der Waals surface area (Å²) in [5.41, 5.74) is 0.901. The van der Waals surface area contributed by atoms with E-state index in [-0.39, 0.29) is 23.6 Å². The molecule has 1 atom stereocenters. The first kappa shape index (κ1) is 14.3. The van der Waals surface area contributed by atoms with Crippen molar-refractivity contribution in [2.75, 3.05) is 16.8 Å². The van der Waals surface area contributed by atoms with Crippen LogP contribution in [0.15, 0.2) is 28.7 Å². The molecule has 0 radical (unpaired) electrons. The van der Waals surface area contributed by atoms with E-state index in [1.54, 1.807) is 6.07 Å². The van der Waals surface area contributed by atoms with Crippen molar-refractivity contribution in [3.8, 4) is 0 Å². The number of aromatic nitrogens is 2. The van der Waals surface area contributed by atoms with Gasteiger partial charge in [-0.3, -0.25) is 0 Å². The summed E-state index contributed by atoms with van der Waals surface area (Å²) in [7, 11) is -2.93. The van der Waals surface area contributed by atoms with E-state index >= 15 is 0 Å². The Morgan fingerprint density at radius 2 is 2.14 bits per heavy atom. The van der Waals surface area contributed by atoms with Crippen LogP contribution in [-0.2, 0) is 16.3 Å². The predicted molar refractivity (Wildman–Crippen MR) is 79.2 cm³/mol. The molecule has 6 nitrogen and oxygen atoms in total. The summed E-state index contributed by atoms with van der Waals surface area (Å²) in [6.45, 7) is 0. The third kappa shape index (κ3) is 3.54. The maximum absolute atomic E-state index is 11.4. The number of halogens is 1.